The molecular formula is C20H20N2O2. The van der Waals surface area contributed by atoms with E-state index in [0.29, 0.717) is 11.3 Å². The van der Waals surface area contributed by atoms with Crippen molar-refractivity contribution in [3.8, 4) is 0 Å². The van der Waals surface area contributed by atoms with E-state index in [1.165, 1.54) is 0 Å². The molecular weight excluding hydrogens is 300 g/mol. The summed E-state index contributed by atoms with van der Waals surface area (Å²) in [5.74, 6) is -1.26. The van der Waals surface area contributed by atoms with Gasteiger partial charge in [0.15, 0.2) is 0 Å². The second kappa shape index (κ2) is 6.32. The Morgan fingerprint density at radius 1 is 1.08 bits per heavy atom. The van der Waals surface area contributed by atoms with Gasteiger partial charge in [0.1, 0.15) is 0 Å². The predicted octanol–water partition coefficient (Wildman–Crippen LogP) is 3.87. The molecule has 3 rings (SSSR count). The van der Waals surface area contributed by atoms with Crippen molar-refractivity contribution < 1.29 is 9.90 Å². The molecule has 4 nitrogen and oxygen atoms in total. The molecule has 2 heterocycles. The molecule has 4 heteroatoms. The maximum Gasteiger partial charge on any atom is 0.334 e. The second-order valence-corrected chi connectivity index (χ2v) is 6.07. The first-order chi connectivity index (χ1) is 11.5. The normalized spacial score (nSPS) is 17.7. The van der Waals surface area contributed by atoms with E-state index in [-0.39, 0.29) is 5.92 Å². The van der Waals surface area contributed by atoms with E-state index >= 15 is 0 Å². The number of aryl methyl sites for hydroxylation is 1. The summed E-state index contributed by atoms with van der Waals surface area (Å²) >= 11 is 0. The molecule has 24 heavy (non-hydrogen) atoms. The summed E-state index contributed by atoms with van der Waals surface area (Å²) in [6.07, 6.45) is 1.73. The summed E-state index contributed by atoms with van der Waals surface area (Å²) in [5, 5.41) is 13.0. The van der Waals surface area contributed by atoms with Gasteiger partial charge < -0.3 is 10.4 Å². The maximum atomic E-state index is 12.0. The second-order valence-electron chi connectivity index (χ2n) is 6.07. The van der Waals surface area contributed by atoms with Crippen LogP contribution in [0.3, 0.4) is 0 Å². The van der Waals surface area contributed by atoms with Crippen LogP contribution in [-0.4, -0.2) is 16.1 Å². The molecule has 1 aliphatic rings. The Bertz CT molecular complexity index is 851. The van der Waals surface area contributed by atoms with Gasteiger partial charge in [0, 0.05) is 29.1 Å². The van der Waals surface area contributed by atoms with Crippen molar-refractivity contribution in [1.82, 2.24) is 10.3 Å². The Balaban J connectivity index is 2.25. The molecule has 0 bridgehead atoms. The van der Waals surface area contributed by atoms with Gasteiger partial charge in [0.25, 0.3) is 0 Å². The molecule has 122 valence electrons. The Labute approximate surface area is 141 Å². The maximum absolute atomic E-state index is 12.0. The largest absolute Gasteiger partial charge is 0.478 e. The predicted molar refractivity (Wildman–Crippen MR) is 94.2 cm³/mol. The van der Waals surface area contributed by atoms with Crippen LogP contribution < -0.4 is 5.32 Å². The molecule has 1 aromatic carbocycles. The topological polar surface area (TPSA) is 62.2 Å². The van der Waals surface area contributed by atoms with Crippen molar-refractivity contribution in [2.24, 2.45) is 0 Å². The van der Waals surface area contributed by atoms with Crippen LogP contribution in [0.2, 0.25) is 0 Å². The highest BCUT2D eigenvalue weighted by Gasteiger charge is 2.34. The van der Waals surface area contributed by atoms with Crippen LogP contribution in [0.25, 0.3) is 5.57 Å². The minimum Gasteiger partial charge on any atom is -0.478 e. The minimum absolute atomic E-state index is 0.349. The fraction of sp³-hybridized carbons (Fsp3) is 0.200. The number of benzene rings is 1. The van der Waals surface area contributed by atoms with Crippen LogP contribution in [0.5, 0.6) is 0 Å². The van der Waals surface area contributed by atoms with E-state index in [2.05, 4.69) is 10.3 Å². The van der Waals surface area contributed by atoms with E-state index in [1.54, 1.807) is 6.20 Å². The van der Waals surface area contributed by atoms with Crippen molar-refractivity contribution in [1.29, 1.82) is 0 Å². The first-order valence-corrected chi connectivity index (χ1v) is 7.89. The fourth-order valence-corrected chi connectivity index (χ4v) is 3.32. The molecule has 0 saturated heterocycles. The molecule has 0 aliphatic carbocycles. The molecule has 0 radical (unpaired) electrons. The number of nitrogens with zero attached hydrogens (tertiary/aromatic N) is 1. The molecule has 0 amide bonds. The van der Waals surface area contributed by atoms with E-state index in [9.17, 15) is 9.90 Å². The minimum atomic E-state index is -0.910. The number of pyridine rings is 1. The Morgan fingerprint density at radius 2 is 1.88 bits per heavy atom. The number of hydrogen-bond donors (Lipinski definition) is 2. The average Bonchev–Trinajstić information content (AvgIpc) is 2.54. The van der Waals surface area contributed by atoms with Gasteiger partial charge in [-0.25, -0.2) is 4.79 Å². The number of carboxylic acids is 1. The highest BCUT2D eigenvalue weighted by molar-refractivity contribution is 5.96. The van der Waals surface area contributed by atoms with Gasteiger partial charge >= 0.3 is 5.97 Å². The number of carboxylic acid groups (broad SMARTS) is 1. The molecule has 0 spiro atoms. The average molecular weight is 320 g/mol. The summed E-state index contributed by atoms with van der Waals surface area (Å²) < 4.78 is 0. The standard InChI is InChI=1S/C20H20N2O2/c1-12-7-6-8-15(11-12)19-17(16-9-4-5-10-21-16)13(2)22-14(3)18(19)20(23)24/h4-11,19,22H,1-3H3,(H,23,24). The molecule has 1 aliphatic heterocycles. The quantitative estimate of drug-likeness (QED) is 0.901. The zero-order valence-electron chi connectivity index (χ0n) is 14.0. The van der Waals surface area contributed by atoms with E-state index < -0.39 is 5.97 Å². The van der Waals surface area contributed by atoms with Crippen LogP contribution in [0.15, 0.2) is 65.6 Å². The first-order valence-electron chi connectivity index (χ1n) is 7.89. The molecule has 1 aromatic heterocycles. The Kier molecular flexibility index (Phi) is 4.21. The monoisotopic (exact) mass is 320 g/mol. The van der Waals surface area contributed by atoms with Crippen molar-refractivity contribution in [3.63, 3.8) is 0 Å². The third kappa shape index (κ3) is 2.83. The summed E-state index contributed by atoms with van der Waals surface area (Å²) in [7, 11) is 0. The van der Waals surface area contributed by atoms with Gasteiger partial charge in [-0.1, -0.05) is 35.9 Å². The van der Waals surface area contributed by atoms with Crippen LogP contribution >= 0.6 is 0 Å². The number of aliphatic carboxylic acids is 1. The number of rotatable bonds is 3. The van der Waals surface area contributed by atoms with Crippen molar-refractivity contribution in [2.75, 3.05) is 0 Å². The van der Waals surface area contributed by atoms with E-state index in [4.69, 9.17) is 0 Å². The highest BCUT2D eigenvalue weighted by Crippen LogP contribution is 2.42. The summed E-state index contributed by atoms with van der Waals surface area (Å²) in [5.41, 5.74) is 5.74. The molecule has 1 atom stereocenters. The number of dihydropyridines is 1. The van der Waals surface area contributed by atoms with Gasteiger partial charge in [-0.3, -0.25) is 4.98 Å². The SMILES string of the molecule is CC1=C(C(=O)O)C(c2cccc(C)c2)C(c2ccccn2)=C(C)N1. The van der Waals surface area contributed by atoms with Crippen molar-refractivity contribution in [3.05, 3.63) is 82.4 Å². The molecule has 2 aromatic rings. The van der Waals surface area contributed by atoms with Crippen molar-refractivity contribution >= 4 is 11.5 Å². The first kappa shape index (κ1) is 16.0. The highest BCUT2D eigenvalue weighted by atomic mass is 16.4. The Hall–Kier alpha value is -2.88. The van der Waals surface area contributed by atoms with Crippen LogP contribution in [0, 0.1) is 6.92 Å². The number of aromatic nitrogens is 1. The van der Waals surface area contributed by atoms with Crippen LogP contribution in [-0.2, 0) is 4.79 Å². The van der Waals surface area contributed by atoms with Crippen LogP contribution in [0.1, 0.15) is 36.6 Å². The third-order valence-electron chi connectivity index (χ3n) is 4.31. The lowest BCUT2D eigenvalue weighted by atomic mass is 9.78. The molecule has 2 N–H and O–H groups in total. The zero-order valence-corrected chi connectivity index (χ0v) is 14.0. The smallest absolute Gasteiger partial charge is 0.334 e. The molecule has 0 fully saturated rings. The lowest BCUT2D eigenvalue weighted by molar-refractivity contribution is -0.132. The van der Waals surface area contributed by atoms with E-state index in [1.807, 2.05) is 63.2 Å². The zero-order chi connectivity index (χ0) is 17.3. The molecule has 1 unspecified atom stereocenters. The summed E-state index contributed by atoms with van der Waals surface area (Å²) in [4.78, 5) is 16.4. The lowest BCUT2D eigenvalue weighted by Gasteiger charge is -2.30. The van der Waals surface area contributed by atoms with Gasteiger partial charge in [0.2, 0.25) is 0 Å². The summed E-state index contributed by atoms with van der Waals surface area (Å²) in [6.45, 7) is 5.79. The fourth-order valence-electron chi connectivity index (χ4n) is 3.32. The van der Waals surface area contributed by atoms with Crippen LogP contribution in [0.4, 0.5) is 0 Å². The number of carbonyl (C=O) groups is 1. The third-order valence-corrected chi connectivity index (χ3v) is 4.31. The number of hydrogen-bond acceptors (Lipinski definition) is 3. The van der Waals surface area contributed by atoms with Gasteiger partial charge in [-0.2, -0.15) is 0 Å². The number of allylic oxidation sites excluding steroid dienone is 3. The Morgan fingerprint density at radius 3 is 2.50 bits per heavy atom. The lowest BCUT2D eigenvalue weighted by Crippen LogP contribution is -2.27. The number of nitrogens with one attached hydrogen (secondary N) is 1. The van der Waals surface area contributed by atoms with E-state index in [0.717, 1.165) is 28.1 Å². The van der Waals surface area contributed by atoms with Gasteiger partial charge in [-0.05, 0) is 38.5 Å². The van der Waals surface area contributed by atoms with Gasteiger partial charge in [0.05, 0.1) is 11.3 Å². The van der Waals surface area contributed by atoms with Gasteiger partial charge in [-0.15, -0.1) is 0 Å². The summed E-state index contributed by atoms with van der Waals surface area (Å²) in [6, 6.07) is 13.7. The van der Waals surface area contributed by atoms with Crippen molar-refractivity contribution in [2.45, 2.75) is 26.7 Å². The molecule has 0 saturated carbocycles.